The molecule has 0 aliphatic heterocycles. The van der Waals surface area contributed by atoms with E-state index in [0.717, 1.165) is 23.7 Å². The second kappa shape index (κ2) is 7.25. The average molecular weight is 296 g/mol. The summed E-state index contributed by atoms with van der Waals surface area (Å²) < 4.78 is 0. The SMILES string of the molecule is CCc1ccc(Nc2cc(NC3CCCCC3)ncn2)cc1. The van der Waals surface area contributed by atoms with Crippen molar-refractivity contribution >= 4 is 17.3 Å². The van der Waals surface area contributed by atoms with Gasteiger partial charge in [0.2, 0.25) is 0 Å². The molecule has 1 saturated carbocycles. The van der Waals surface area contributed by atoms with E-state index in [1.165, 1.54) is 37.7 Å². The van der Waals surface area contributed by atoms with Crippen LogP contribution in [0.1, 0.15) is 44.6 Å². The van der Waals surface area contributed by atoms with Crippen LogP contribution in [0.2, 0.25) is 0 Å². The standard InChI is InChI=1S/C18H24N4/c1-2-14-8-10-16(11-9-14)22-18-12-17(19-13-20-18)21-15-6-4-3-5-7-15/h8-13,15H,2-7H2,1H3,(H2,19,20,21,22). The van der Waals surface area contributed by atoms with Crippen LogP contribution in [0.3, 0.4) is 0 Å². The van der Waals surface area contributed by atoms with Gasteiger partial charge < -0.3 is 10.6 Å². The Labute approximate surface area is 132 Å². The van der Waals surface area contributed by atoms with Crippen LogP contribution in [-0.4, -0.2) is 16.0 Å². The summed E-state index contributed by atoms with van der Waals surface area (Å²) in [5.41, 5.74) is 2.40. The molecule has 4 heteroatoms. The first-order chi connectivity index (χ1) is 10.8. The van der Waals surface area contributed by atoms with Gasteiger partial charge in [0.05, 0.1) is 0 Å². The number of aryl methyl sites for hydroxylation is 1. The van der Waals surface area contributed by atoms with E-state index in [1.54, 1.807) is 6.33 Å². The normalized spacial score (nSPS) is 15.5. The molecule has 0 amide bonds. The topological polar surface area (TPSA) is 49.8 Å². The summed E-state index contributed by atoms with van der Waals surface area (Å²) in [6.07, 6.45) is 9.16. The van der Waals surface area contributed by atoms with Gasteiger partial charge >= 0.3 is 0 Å². The number of nitrogens with one attached hydrogen (secondary N) is 2. The van der Waals surface area contributed by atoms with Gasteiger partial charge in [-0.3, -0.25) is 0 Å². The van der Waals surface area contributed by atoms with Gasteiger partial charge in [-0.15, -0.1) is 0 Å². The van der Waals surface area contributed by atoms with Crippen molar-refractivity contribution < 1.29 is 0 Å². The van der Waals surface area contributed by atoms with Gasteiger partial charge in [-0.05, 0) is 37.0 Å². The molecular formula is C18H24N4. The van der Waals surface area contributed by atoms with Crippen molar-refractivity contribution in [3.8, 4) is 0 Å². The zero-order valence-corrected chi connectivity index (χ0v) is 13.2. The average Bonchev–Trinajstić information content (AvgIpc) is 2.57. The van der Waals surface area contributed by atoms with Crippen LogP contribution in [0, 0.1) is 0 Å². The molecule has 0 spiro atoms. The fraction of sp³-hybridized carbons (Fsp3) is 0.444. The zero-order chi connectivity index (χ0) is 15.2. The molecule has 0 atom stereocenters. The molecule has 1 fully saturated rings. The maximum atomic E-state index is 4.34. The number of nitrogens with zero attached hydrogens (tertiary/aromatic N) is 2. The highest BCUT2D eigenvalue weighted by atomic mass is 15.1. The van der Waals surface area contributed by atoms with Crippen molar-refractivity contribution in [3.05, 3.63) is 42.2 Å². The van der Waals surface area contributed by atoms with Gasteiger partial charge in [-0.25, -0.2) is 9.97 Å². The Kier molecular flexibility index (Phi) is 4.88. The first-order valence-electron chi connectivity index (χ1n) is 8.28. The molecule has 0 unspecified atom stereocenters. The summed E-state index contributed by atoms with van der Waals surface area (Å²) in [6.45, 7) is 2.16. The number of aromatic nitrogens is 2. The van der Waals surface area contributed by atoms with Crippen molar-refractivity contribution in [2.45, 2.75) is 51.5 Å². The van der Waals surface area contributed by atoms with Crippen LogP contribution < -0.4 is 10.6 Å². The van der Waals surface area contributed by atoms with E-state index in [1.807, 2.05) is 6.07 Å². The summed E-state index contributed by atoms with van der Waals surface area (Å²) in [5, 5.41) is 6.88. The number of rotatable bonds is 5. The molecule has 1 aliphatic rings. The zero-order valence-electron chi connectivity index (χ0n) is 13.2. The third-order valence-corrected chi connectivity index (χ3v) is 4.26. The second-order valence-electron chi connectivity index (χ2n) is 5.94. The Bertz CT molecular complexity index is 588. The molecular weight excluding hydrogens is 272 g/mol. The molecule has 1 aromatic heterocycles. The third-order valence-electron chi connectivity index (χ3n) is 4.26. The minimum absolute atomic E-state index is 0.556. The molecule has 0 saturated heterocycles. The molecule has 1 aromatic carbocycles. The van der Waals surface area contributed by atoms with Gasteiger partial charge in [-0.2, -0.15) is 0 Å². The van der Waals surface area contributed by atoms with Crippen molar-refractivity contribution in [2.75, 3.05) is 10.6 Å². The minimum atomic E-state index is 0.556. The lowest BCUT2D eigenvalue weighted by Gasteiger charge is -2.23. The Morgan fingerprint density at radius 2 is 1.73 bits per heavy atom. The van der Waals surface area contributed by atoms with Crippen LogP contribution in [0.15, 0.2) is 36.7 Å². The van der Waals surface area contributed by atoms with Gasteiger partial charge in [0.1, 0.15) is 18.0 Å². The highest BCUT2D eigenvalue weighted by molar-refractivity contribution is 5.59. The molecule has 22 heavy (non-hydrogen) atoms. The van der Waals surface area contributed by atoms with Crippen LogP contribution in [0.4, 0.5) is 17.3 Å². The van der Waals surface area contributed by atoms with Gasteiger partial charge in [0.15, 0.2) is 0 Å². The van der Waals surface area contributed by atoms with Crippen molar-refractivity contribution in [1.82, 2.24) is 9.97 Å². The lowest BCUT2D eigenvalue weighted by Crippen LogP contribution is -2.22. The highest BCUT2D eigenvalue weighted by Crippen LogP contribution is 2.22. The fourth-order valence-corrected chi connectivity index (χ4v) is 2.93. The molecule has 2 N–H and O–H groups in total. The lowest BCUT2D eigenvalue weighted by atomic mass is 9.95. The summed E-state index contributed by atoms with van der Waals surface area (Å²) in [6, 6.07) is 11.0. The van der Waals surface area contributed by atoms with E-state index < -0.39 is 0 Å². The van der Waals surface area contributed by atoms with Crippen LogP contribution in [0.25, 0.3) is 0 Å². The van der Waals surface area contributed by atoms with E-state index in [0.29, 0.717) is 6.04 Å². The van der Waals surface area contributed by atoms with Gasteiger partial charge in [0.25, 0.3) is 0 Å². The van der Waals surface area contributed by atoms with E-state index in [-0.39, 0.29) is 0 Å². The van der Waals surface area contributed by atoms with E-state index >= 15 is 0 Å². The van der Waals surface area contributed by atoms with E-state index in [4.69, 9.17) is 0 Å². The molecule has 1 heterocycles. The predicted octanol–water partition coefficient (Wildman–Crippen LogP) is 4.53. The maximum Gasteiger partial charge on any atom is 0.135 e. The van der Waals surface area contributed by atoms with Crippen LogP contribution in [0.5, 0.6) is 0 Å². The smallest absolute Gasteiger partial charge is 0.135 e. The molecule has 0 radical (unpaired) electrons. The summed E-state index contributed by atoms with van der Waals surface area (Å²) in [7, 11) is 0. The van der Waals surface area contributed by atoms with Crippen LogP contribution in [-0.2, 0) is 6.42 Å². The molecule has 0 bridgehead atoms. The third kappa shape index (κ3) is 3.97. The Hall–Kier alpha value is -2.10. The minimum Gasteiger partial charge on any atom is -0.367 e. The predicted molar refractivity (Wildman–Crippen MR) is 91.6 cm³/mol. The first kappa shape index (κ1) is 14.8. The molecule has 3 rings (SSSR count). The lowest BCUT2D eigenvalue weighted by molar-refractivity contribution is 0.462. The summed E-state index contributed by atoms with van der Waals surface area (Å²) >= 11 is 0. The monoisotopic (exact) mass is 296 g/mol. The largest absolute Gasteiger partial charge is 0.367 e. The van der Waals surface area contributed by atoms with E-state index in [9.17, 15) is 0 Å². The number of benzene rings is 1. The maximum absolute atomic E-state index is 4.34. The molecule has 2 aromatic rings. The quantitative estimate of drug-likeness (QED) is 0.851. The Balaban J connectivity index is 1.64. The Morgan fingerprint density at radius 1 is 1.00 bits per heavy atom. The first-order valence-corrected chi connectivity index (χ1v) is 8.28. The summed E-state index contributed by atoms with van der Waals surface area (Å²) in [4.78, 5) is 8.65. The van der Waals surface area contributed by atoms with E-state index in [2.05, 4.69) is 51.8 Å². The summed E-state index contributed by atoms with van der Waals surface area (Å²) in [5.74, 6) is 1.74. The van der Waals surface area contributed by atoms with Crippen LogP contribution >= 0.6 is 0 Å². The van der Waals surface area contributed by atoms with Crippen molar-refractivity contribution in [1.29, 1.82) is 0 Å². The molecule has 4 nitrogen and oxygen atoms in total. The number of hydrogen-bond acceptors (Lipinski definition) is 4. The van der Waals surface area contributed by atoms with Gasteiger partial charge in [-0.1, -0.05) is 38.3 Å². The highest BCUT2D eigenvalue weighted by Gasteiger charge is 2.13. The van der Waals surface area contributed by atoms with Gasteiger partial charge in [0, 0.05) is 17.8 Å². The number of anilines is 3. The van der Waals surface area contributed by atoms with Crippen molar-refractivity contribution in [2.24, 2.45) is 0 Å². The molecule has 116 valence electrons. The molecule has 1 aliphatic carbocycles. The number of hydrogen-bond donors (Lipinski definition) is 2. The fourth-order valence-electron chi connectivity index (χ4n) is 2.93. The second-order valence-corrected chi connectivity index (χ2v) is 5.94. The Morgan fingerprint density at radius 3 is 2.45 bits per heavy atom. The van der Waals surface area contributed by atoms with Crippen molar-refractivity contribution in [3.63, 3.8) is 0 Å².